The highest BCUT2D eigenvalue weighted by atomic mass is 16.5. The van der Waals surface area contributed by atoms with Crippen molar-refractivity contribution in [1.29, 1.82) is 0 Å². The number of hydrogen-bond acceptors (Lipinski definition) is 4. The molecule has 2 rings (SSSR count). The fourth-order valence-corrected chi connectivity index (χ4v) is 1.70. The number of carbonyl (C=O) groups is 1. The second-order valence-corrected chi connectivity index (χ2v) is 3.97. The molecule has 1 aromatic carbocycles. The summed E-state index contributed by atoms with van der Waals surface area (Å²) in [4.78, 5) is 10.7. The van der Waals surface area contributed by atoms with Crippen molar-refractivity contribution in [2.24, 2.45) is 5.10 Å². The highest BCUT2D eigenvalue weighted by Crippen LogP contribution is 2.07. The fraction of sp³-hybridized carbons (Fsp3) is 0.167. The maximum atomic E-state index is 12.1. The van der Waals surface area contributed by atoms with Gasteiger partial charge in [0.05, 0.1) is 0 Å². The minimum atomic E-state index is -0.359. The van der Waals surface area contributed by atoms with E-state index in [0.29, 0.717) is 9.46 Å². The van der Waals surface area contributed by atoms with Crippen molar-refractivity contribution < 1.29 is 14.3 Å². The molecule has 0 saturated carbocycles. The van der Waals surface area contributed by atoms with Crippen molar-refractivity contribution in [1.82, 2.24) is 5.43 Å². The van der Waals surface area contributed by atoms with Crippen LogP contribution in [0.1, 0.15) is 18.3 Å². The first-order valence-electron chi connectivity index (χ1n) is 5.56. The van der Waals surface area contributed by atoms with E-state index in [1.165, 1.54) is 13.8 Å². The smallest absolute Gasteiger partial charge is 0.305 e. The number of hydrogen-bond donors (Lipinski definition) is 1. The lowest BCUT2D eigenvalue weighted by Crippen LogP contribution is -2.44. The summed E-state index contributed by atoms with van der Waals surface area (Å²) in [7, 11) is 0. The van der Waals surface area contributed by atoms with E-state index in [9.17, 15) is 15.2 Å². The van der Waals surface area contributed by atoms with Crippen molar-refractivity contribution in [3.8, 4) is 0 Å². The lowest BCUT2D eigenvalue weighted by atomic mass is 10.2. The van der Waals surface area contributed by atoms with Crippen LogP contribution >= 0.6 is 0 Å². The first-order valence-corrected chi connectivity index (χ1v) is 5.56. The van der Waals surface area contributed by atoms with E-state index in [-0.39, 0.29) is 28.3 Å². The van der Waals surface area contributed by atoms with Gasteiger partial charge in [-0.3, -0.25) is 4.79 Å². The number of carbonyl (C=O) groups excluding carboxylic acids is 1. The van der Waals surface area contributed by atoms with Gasteiger partial charge in [-0.2, -0.15) is 14.6 Å². The van der Waals surface area contributed by atoms with Crippen LogP contribution in [0.3, 0.4) is 0 Å². The van der Waals surface area contributed by atoms with Gasteiger partial charge < -0.3 is 10.4 Å². The molecule has 0 spiro atoms. The minimum Gasteiger partial charge on any atom is -0.618 e. The van der Waals surface area contributed by atoms with Gasteiger partial charge in [-0.25, -0.2) is 5.43 Å². The van der Waals surface area contributed by atoms with E-state index in [1.807, 2.05) is 0 Å². The van der Waals surface area contributed by atoms with Gasteiger partial charge in [0, 0.05) is 26.0 Å². The maximum Gasteiger partial charge on any atom is 0.305 e. The Labute approximate surface area is 109 Å². The summed E-state index contributed by atoms with van der Waals surface area (Å²) >= 11 is 0. The zero-order chi connectivity index (χ0) is 14.0. The predicted octanol–water partition coefficient (Wildman–Crippen LogP) is -0.115. The number of aromatic nitrogens is 2. The third kappa shape index (κ3) is 2.30. The summed E-state index contributed by atoms with van der Waals surface area (Å²) in [5.74, 6) is -0.359. The quantitative estimate of drug-likeness (QED) is 0.353. The first-order chi connectivity index (χ1) is 9.02. The van der Waals surface area contributed by atoms with Crippen LogP contribution in [0.2, 0.25) is 0 Å². The summed E-state index contributed by atoms with van der Waals surface area (Å²) in [6.07, 6.45) is 1.16. The fourth-order valence-electron chi connectivity index (χ4n) is 1.70. The molecule has 19 heavy (non-hydrogen) atoms. The molecule has 0 aliphatic heterocycles. The number of fused-ring (bicyclic) bond motifs is 1. The molecule has 0 aliphatic rings. The molecule has 0 aliphatic carbocycles. The highest BCUT2D eigenvalue weighted by Gasteiger charge is 2.22. The maximum absolute atomic E-state index is 12.1. The number of amides is 1. The average Bonchev–Trinajstić information content (AvgIpc) is 2.40. The van der Waals surface area contributed by atoms with Crippen molar-refractivity contribution in [3.63, 3.8) is 0 Å². The molecule has 1 N–H and O–H groups in total. The molecule has 0 radical (unpaired) electrons. The van der Waals surface area contributed by atoms with E-state index in [2.05, 4.69) is 10.5 Å². The topological polar surface area (TPSA) is 95.3 Å². The van der Waals surface area contributed by atoms with Crippen molar-refractivity contribution >= 4 is 23.2 Å². The molecule has 1 heterocycles. The average molecular weight is 260 g/mol. The Hall–Kier alpha value is -2.70. The molecule has 0 atom stereocenters. The van der Waals surface area contributed by atoms with E-state index in [4.69, 9.17) is 0 Å². The van der Waals surface area contributed by atoms with Crippen LogP contribution < -0.4 is 14.9 Å². The van der Waals surface area contributed by atoms with E-state index in [0.717, 1.165) is 6.21 Å². The SMILES string of the molecule is CC(=O)N/N=C/c1c(C)[n+]([O-])c2ccccc2[n+]1[O-]. The van der Waals surface area contributed by atoms with Crippen LogP contribution in [0.5, 0.6) is 0 Å². The lowest BCUT2D eigenvalue weighted by Gasteiger charge is -2.08. The van der Waals surface area contributed by atoms with Crippen molar-refractivity contribution in [3.05, 3.63) is 46.1 Å². The molecule has 2 aromatic rings. The Balaban J connectivity index is 2.61. The summed E-state index contributed by atoms with van der Waals surface area (Å²) < 4.78 is 1.28. The summed E-state index contributed by atoms with van der Waals surface area (Å²) in [6.45, 7) is 2.81. The van der Waals surface area contributed by atoms with Crippen LogP contribution in [-0.2, 0) is 4.79 Å². The number of para-hydroxylation sites is 2. The van der Waals surface area contributed by atoms with Gasteiger partial charge in [0.25, 0.3) is 16.7 Å². The van der Waals surface area contributed by atoms with Crippen molar-refractivity contribution in [2.45, 2.75) is 13.8 Å². The monoisotopic (exact) mass is 260 g/mol. The molecular weight excluding hydrogens is 248 g/mol. The number of hydrazone groups is 1. The summed E-state index contributed by atoms with van der Waals surface area (Å²) in [5, 5.41) is 27.8. The molecular formula is C12H12N4O3. The molecule has 0 fully saturated rings. The third-order valence-corrected chi connectivity index (χ3v) is 2.62. The van der Waals surface area contributed by atoms with Gasteiger partial charge in [0.1, 0.15) is 6.21 Å². The Morgan fingerprint density at radius 3 is 2.42 bits per heavy atom. The minimum absolute atomic E-state index is 0.0856. The number of nitrogens with one attached hydrogen (secondary N) is 1. The Morgan fingerprint density at radius 1 is 1.26 bits per heavy atom. The summed E-state index contributed by atoms with van der Waals surface area (Å²) in [5.41, 5.74) is 3.01. The van der Waals surface area contributed by atoms with Crippen LogP contribution in [0.4, 0.5) is 0 Å². The summed E-state index contributed by atoms with van der Waals surface area (Å²) in [6, 6.07) is 6.46. The number of rotatable bonds is 2. The largest absolute Gasteiger partial charge is 0.618 e. The van der Waals surface area contributed by atoms with Crippen molar-refractivity contribution in [2.75, 3.05) is 0 Å². The lowest BCUT2D eigenvalue weighted by molar-refractivity contribution is -0.634. The van der Waals surface area contributed by atoms with Crippen LogP contribution in [-0.4, -0.2) is 12.1 Å². The molecule has 0 unspecified atom stereocenters. The van der Waals surface area contributed by atoms with Gasteiger partial charge in [-0.15, -0.1) is 0 Å². The molecule has 7 nitrogen and oxygen atoms in total. The predicted molar refractivity (Wildman–Crippen MR) is 68.0 cm³/mol. The number of benzene rings is 1. The molecule has 0 bridgehead atoms. The normalized spacial score (nSPS) is 11.1. The molecule has 0 saturated heterocycles. The molecule has 98 valence electrons. The standard InChI is InChI=1S/C12H12N4O3/c1-8-12(7-13-14-9(2)17)16(19)11-6-4-3-5-10(11)15(8)18/h3-7H,1-2H3,(H,14,17)/b13-7+. The number of nitrogens with zero attached hydrogens (tertiary/aromatic N) is 3. The van der Waals surface area contributed by atoms with Crippen LogP contribution in [0.15, 0.2) is 29.4 Å². The molecule has 1 aromatic heterocycles. The van der Waals surface area contributed by atoms with Gasteiger partial charge in [-0.1, -0.05) is 12.1 Å². The second kappa shape index (κ2) is 4.89. The molecule has 1 amide bonds. The van der Waals surface area contributed by atoms with E-state index >= 15 is 0 Å². The van der Waals surface area contributed by atoms with Gasteiger partial charge in [0.15, 0.2) is 0 Å². The highest BCUT2D eigenvalue weighted by molar-refractivity contribution is 5.80. The van der Waals surface area contributed by atoms with Gasteiger partial charge in [0.2, 0.25) is 5.91 Å². The second-order valence-electron chi connectivity index (χ2n) is 3.97. The van der Waals surface area contributed by atoms with Crippen LogP contribution in [0.25, 0.3) is 11.0 Å². The Morgan fingerprint density at radius 2 is 1.84 bits per heavy atom. The Kier molecular flexibility index (Phi) is 3.28. The van der Waals surface area contributed by atoms with E-state index in [1.54, 1.807) is 24.3 Å². The molecule has 7 heteroatoms. The van der Waals surface area contributed by atoms with Gasteiger partial charge in [-0.05, 0) is 0 Å². The Bertz CT molecular complexity index is 682. The zero-order valence-corrected chi connectivity index (χ0v) is 10.5. The van der Waals surface area contributed by atoms with Crippen LogP contribution in [0, 0.1) is 17.3 Å². The van der Waals surface area contributed by atoms with Gasteiger partial charge >= 0.3 is 5.69 Å². The first kappa shape index (κ1) is 12.7. The zero-order valence-electron chi connectivity index (χ0n) is 10.5. The van der Waals surface area contributed by atoms with E-state index < -0.39 is 0 Å². The third-order valence-electron chi connectivity index (χ3n) is 2.62.